The van der Waals surface area contributed by atoms with Crippen LogP contribution >= 0.6 is 0 Å². The third-order valence-electron chi connectivity index (χ3n) is 5.75. The van der Waals surface area contributed by atoms with Gasteiger partial charge >= 0.3 is 0 Å². The van der Waals surface area contributed by atoms with Gasteiger partial charge in [0.1, 0.15) is 17.5 Å². The zero-order valence-electron chi connectivity index (χ0n) is 20.9. The highest BCUT2D eigenvalue weighted by Crippen LogP contribution is 2.27. The van der Waals surface area contributed by atoms with Crippen LogP contribution in [0.4, 0.5) is 0 Å². The lowest BCUT2D eigenvalue weighted by molar-refractivity contribution is -0.0265. The number of aromatic hydroxyl groups is 1. The number of nitrogens with one attached hydrogen (secondary N) is 1. The quantitative estimate of drug-likeness (QED) is 0.552. The third kappa shape index (κ3) is 5.94. The molecule has 190 valence electrons. The SMILES string of the molecule is C=C1CN(COC/C=C/c2cnn3c(=O)c(C(=O)NC4CC4)c(O)n(CC(C)(C)C)c23)C[C@@H](C)O1. The fraction of sp³-hybridized carbons (Fsp3) is 0.560. The summed E-state index contributed by atoms with van der Waals surface area (Å²) in [4.78, 5) is 28.0. The second-order valence-electron chi connectivity index (χ2n) is 10.6. The van der Waals surface area contributed by atoms with Gasteiger partial charge in [-0.15, -0.1) is 0 Å². The number of morpholine rings is 1. The van der Waals surface area contributed by atoms with E-state index in [0.717, 1.165) is 25.1 Å². The first kappa shape index (κ1) is 25.0. The van der Waals surface area contributed by atoms with Crippen molar-refractivity contribution >= 4 is 17.6 Å². The smallest absolute Gasteiger partial charge is 0.291 e. The molecule has 0 aromatic carbocycles. The molecule has 4 rings (SSSR count). The standard InChI is InChI=1S/C25H35N5O5/c1-16-12-28(13-17(2)35-16)15-34-10-6-7-18-11-26-30-22(18)29(14-25(3,4)5)23(32)20(24(30)33)21(31)27-19-8-9-19/h6-7,11,17,19,32H,1,8-10,12-15H2,2-5H3,(H,27,31)/b7-6+/t17-/m1/s1. The van der Waals surface area contributed by atoms with Crippen LogP contribution in [0.5, 0.6) is 5.88 Å². The van der Waals surface area contributed by atoms with E-state index >= 15 is 0 Å². The van der Waals surface area contributed by atoms with Gasteiger partial charge in [-0.05, 0) is 25.2 Å². The zero-order valence-corrected chi connectivity index (χ0v) is 20.9. The summed E-state index contributed by atoms with van der Waals surface area (Å²) in [5.74, 6) is -0.180. The second kappa shape index (κ2) is 9.87. The molecule has 0 bridgehead atoms. The van der Waals surface area contributed by atoms with E-state index in [4.69, 9.17) is 9.47 Å². The summed E-state index contributed by atoms with van der Waals surface area (Å²) in [6.07, 6.45) is 7.05. The number of hydrogen-bond acceptors (Lipinski definition) is 7. The molecule has 1 saturated heterocycles. The summed E-state index contributed by atoms with van der Waals surface area (Å²) in [6.45, 7) is 14.5. The predicted octanol–water partition coefficient (Wildman–Crippen LogP) is 2.36. The summed E-state index contributed by atoms with van der Waals surface area (Å²) in [6, 6.07) is 0.0583. The number of amides is 1. The maximum Gasteiger partial charge on any atom is 0.291 e. The van der Waals surface area contributed by atoms with Crippen molar-refractivity contribution in [2.45, 2.75) is 59.2 Å². The highest BCUT2D eigenvalue weighted by molar-refractivity contribution is 5.96. The van der Waals surface area contributed by atoms with Crippen molar-refractivity contribution < 1.29 is 19.4 Å². The molecule has 0 radical (unpaired) electrons. The average Bonchev–Trinajstić information content (AvgIpc) is 3.45. The Morgan fingerprint density at radius 3 is 2.80 bits per heavy atom. The summed E-state index contributed by atoms with van der Waals surface area (Å²) < 4.78 is 14.1. The number of ether oxygens (including phenoxy) is 2. The molecule has 0 unspecified atom stereocenters. The largest absolute Gasteiger partial charge is 0.494 e. The number of aromatic nitrogens is 3. The van der Waals surface area contributed by atoms with Crippen molar-refractivity contribution in [2.75, 3.05) is 26.4 Å². The van der Waals surface area contributed by atoms with E-state index in [2.05, 4.69) is 21.9 Å². The van der Waals surface area contributed by atoms with Gasteiger partial charge in [-0.3, -0.25) is 19.1 Å². The molecule has 10 nitrogen and oxygen atoms in total. The second-order valence-corrected chi connectivity index (χ2v) is 10.6. The van der Waals surface area contributed by atoms with Gasteiger partial charge in [0.15, 0.2) is 5.56 Å². The molecule has 1 aliphatic heterocycles. The summed E-state index contributed by atoms with van der Waals surface area (Å²) in [5.41, 5.74) is -0.0756. The molecule has 2 aromatic heterocycles. The Bertz CT molecular complexity index is 1200. The molecule has 2 aromatic rings. The van der Waals surface area contributed by atoms with Gasteiger partial charge in [-0.2, -0.15) is 9.61 Å². The Kier molecular flexibility index (Phi) is 7.05. The van der Waals surface area contributed by atoms with Crippen LogP contribution in [-0.2, 0) is 16.0 Å². The highest BCUT2D eigenvalue weighted by atomic mass is 16.5. The Balaban J connectivity index is 1.57. The monoisotopic (exact) mass is 485 g/mol. The van der Waals surface area contributed by atoms with Gasteiger partial charge in [0.2, 0.25) is 5.88 Å². The fourth-order valence-electron chi connectivity index (χ4n) is 4.20. The lowest BCUT2D eigenvalue weighted by Crippen LogP contribution is -2.40. The van der Waals surface area contributed by atoms with Crippen LogP contribution in [0.15, 0.2) is 29.4 Å². The maximum atomic E-state index is 13.1. The molecule has 1 saturated carbocycles. The van der Waals surface area contributed by atoms with Crippen LogP contribution < -0.4 is 10.9 Å². The molecule has 1 aliphatic carbocycles. The first-order valence-corrected chi connectivity index (χ1v) is 12.0. The summed E-state index contributed by atoms with van der Waals surface area (Å²) >= 11 is 0. The normalized spacial score (nSPS) is 19.4. The van der Waals surface area contributed by atoms with Crippen molar-refractivity contribution in [1.82, 2.24) is 24.4 Å². The summed E-state index contributed by atoms with van der Waals surface area (Å²) in [5, 5.41) is 18.1. The molecule has 2 fully saturated rings. The molecule has 2 N–H and O–H groups in total. The Morgan fingerprint density at radius 1 is 1.40 bits per heavy atom. The zero-order chi connectivity index (χ0) is 25.3. The molecule has 1 atom stereocenters. The molecular weight excluding hydrogens is 450 g/mol. The first-order valence-electron chi connectivity index (χ1n) is 12.0. The van der Waals surface area contributed by atoms with Crippen molar-refractivity contribution in [2.24, 2.45) is 5.41 Å². The number of hydrogen-bond donors (Lipinski definition) is 2. The van der Waals surface area contributed by atoms with Gasteiger partial charge < -0.3 is 19.9 Å². The number of carbonyl (C=O) groups excluding carboxylic acids is 1. The van der Waals surface area contributed by atoms with Crippen molar-refractivity contribution in [3.63, 3.8) is 0 Å². The Labute approximate surface area is 204 Å². The van der Waals surface area contributed by atoms with Crippen LogP contribution in [0, 0.1) is 5.41 Å². The number of carbonyl (C=O) groups is 1. The lowest BCUT2D eigenvalue weighted by atomic mass is 9.96. The van der Waals surface area contributed by atoms with Crippen LogP contribution in [-0.4, -0.2) is 68.7 Å². The van der Waals surface area contributed by atoms with E-state index in [1.54, 1.807) is 10.8 Å². The minimum atomic E-state index is -0.640. The number of nitrogens with zero attached hydrogens (tertiary/aromatic N) is 4. The van der Waals surface area contributed by atoms with Gasteiger partial charge in [0.05, 0.1) is 26.1 Å². The van der Waals surface area contributed by atoms with Crippen LogP contribution in [0.25, 0.3) is 11.7 Å². The summed E-state index contributed by atoms with van der Waals surface area (Å²) in [7, 11) is 0. The molecule has 10 heteroatoms. The van der Waals surface area contributed by atoms with Gasteiger partial charge in [-0.25, -0.2) is 0 Å². The molecule has 1 amide bonds. The minimum absolute atomic E-state index is 0.0583. The van der Waals surface area contributed by atoms with Gasteiger partial charge in [0, 0.05) is 24.7 Å². The molecule has 2 aliphatic rings. The molecule has 3 heterocycles. The maximum absolute atomic E-state index is 13.1. The Hall–Kier alpha value is -3.11. The minimum Gasteiger partial charge on any atom is -0.494 e. The van der Waals surface area contributed by atoms with E-state index in [0.29, 0.717) is 37.6 Å². The van der Waals surface area contributed by atoms with E-state index in [1.807, 2.05) is 39.8 Å². The fourth-order valence-corrected chi connectivity index (χ4v) is 4.20. The predicted molar refractivity (Wildman–Crippen MR) is 132 cm³/mol. The topological polar surface area (TPSA) is 110 Å². The lowest BCUT2D eigenvalue weighted by Gasteiger charge is -2.32. The Morgan fingerprint density at radius 2 is 2.14 bits per heavy atom. The van der Waals surface area contributed by atoms with Crippen molar-refractivity contribution in [3.8, 4) is 5.88 Å². The van der Waals surface area contributed by atoms with Crippen molar-refractivity contribution in [1.29, 1.82) is 0 Å². The van der Waals surface area contributed by atoms with Crippen molar-refractivity contribution in [3.05, 3.63) is 46.1 Å². The number of rotatable bonds is 8. The average molecular weight is 486 g/mol. The third-order valence-corrected chi connectivity index (χ3v) is 5.75. The van der Waals surface area contributed by atoms with Gasteiger partial charge in [0.25, 0.3) is 11.5 Å². The van der Waals surface area contributed by atoms with E-state index in [1.165, 1.54) is 4.52 Å². The first-order chi connectivity index (χ1) is 16.5. The molecule has 35 heavy (non-hydrogen) atoms. The highest BCUT2D eigenvalue weighted by Gasteiger charge is 2.30. The van der Waals surface area contributed by atoms with E-state index in [9.17, 15) is 14.7 Å². The molecular formula is C25H35N5O5. The van der Waals surface area contributed by atoms with Gasteiger partial charge in [-0.1, -0.05) is 39.5 Å². The van der Waals surface area contributed by atoms with E-state index < -0.39 is 11.5 Å². The van der Waals surface area contributed by atoms with E-state index in [-0.39, 0.29) is 29.0 Å². The number of fused-ring (bicyclic) bond motifs is 1. The van der Waals surface area contributed by atoms with Crippen LogP contribution in [0.1, 0.15) is 56.5 Å². The molecule has 0 spiro atoms. The van der Waals surface area contributed by atoms with Crippen LogP contribution in [0.3, 0.4) is 0 Å². The van der Waals surface area contributed by atoms with Crippen LogP contribution in [0.2, 0.25) is 0 Å².